The maximum atomic E-state index is 13.8. The van der Waals surface area contributed by atoms with Gasteiger partial charge in [0.05, 0.1) is 22.7 Å². The molecule has 2 aromatic carbocycles. The summed E-state index contributed by atoms with van der Waals surface area (Å²) >= 11 is 3.46. The van der Waals surface area contributed by atoms with Crippen molar-refractivity contribution < 1.29 is 13.2 Å². The molecule has 2 atom stereocenters. The van der Waals surface area contributed by atoms with Crippen LogP contribution in [0, 0.1) is 0 Å². The van der Waals surface area contributed by atoms with Gasteiger partial charge in [-0.3, -0.25) is 9.10 Å². The van der Waals surface area contributed by atoms with E-state index in [1.165, 1.54) is 0 Å². The summed E-state index contributed by atoms with van der Waals surface area (Å²) in [4.78, 5) is 16.7. The minimum Gasteiger partial charge on any atom is -0.310 e. The molecule has 0 radical (unpaired) electrons. The van der Waals surface area contributed by atoms with Crippen molar-refractivity contribution in [3.05, 3.63) is 42.0 Å². The number of amides is 1. The molecule has 29 heavy (non-hydrogen) atoms. The molecule has 0 fully saturated rings. The fourth-order valence-corrected chi connectivity index (χ4v) is 8.56. The average Bonchev–Trinajstić information content (AvgIpc) is 3.04. The molecule has 0 saturated heterocycles. The number of anilines is 2. The zero-order valence-corrected chi connectivity index (χ0v) is 18.7. The topological polar surface area (TPSA) is 57.7 Å². The summed E-state index contributed by atoms with van der Waals surface area (Å²) in [6.45, 7) is 5.26. The Bertz CT molecular complexity index is 1120. The van der Waals surface area contributed by atoms with Gasteiger partial charge in [-0.05, 0) is 30.7 Å². The second-order valence-corrected chi connectivity index (χ2v) is 12.3. The van der Waals surface area contributed by atoms with E-state index >= 15 is 0 Å². The Labute approximate surface area is 179 Å². The summed E-state index contributed by atoms with van der Waals surface area (Å²) in [5.74, 6) is -0.00270. The van der Waals surface area contributed by atoms with Gasteiger partial charge < -0.3 is 4.90 Å². The van der Waals surface area contributed by atoms with Gasteiger partial charge in [0.1, 0.15) is 0 Å². The zero-order chi connectivity index (χ0) is 20.3. The van der Waals surface area contributed by atoms with E-state index in [4.69, 9.17) is 0 Å². The minimum atomic E-state index is -3.77. The van der Waals surface area contributed by atoms with Crippen LogP contribution in [0.3, 0.4) is 0 Å². The normalized spacial score (nSPS) is 23.2. The highest BCUT2D eigenvalue weighted by atomic mass is 32.2. The molecule has 0 bridgehead atoms. The van der Waals surface area contributed by atoms with Gasteiger partial charge in [0, 0.05) is 38.9 Å². The number of nitrogens with zero attached hydrogens (tertiary/aromatic N) is 2. The summed E-state index contributed by atoms with van der Waals surface area (Å²) < 4.78 is 29.2. The number of fused-ring (bicyclic) bond motifs is 1. The summed E-state index contributed by atoms with van der Waals surface area (Å²) in [5.41, 5.74) is 2.21. The van der Waals surface area contributed by atoms with Gasteiger partial charge in [-0.2, -0.15) is 0 Å². The van der Waals surface area contributed by atoms with E-state index in [1.54, 1.807) is 38.8 Å². The fourth-order valence-electron chi connectivity index (χ4n) is 4.30. The molecule has 0 aliphatic carbocycles. The van der Waals surface area contributed by atoms with Gasteiger partial charge in [-0.15, -0.1) is 23.5 Å². The average molecular weight is 447 g/mol. The highest BCUT2D eigenvalue weighted by Crippen LogP contribution is 2.48. The largest absolute Gasteiger partial charge is 0.310 e. The predicted octanol–water partition coefficient (Wildman–Crippen LogP) is 4.15. The zero-order valence-electron chi connectivity index (χ0n) is 16.3. The number of thioether (sulfide) groups is 2. The molecular formula is C21H22N2O3S3. The molecular weight excluding hydrogens is 424 g/mol. The van der Waals surface area contributed by atoms with E-state index < -0.39 is 10.0 Å². The molecule has 3 heterocycles. The number of carbonyl (C=O) groups is 1. The van der Waals surface area contributed by atoms with Crippen LogP contribution in [0.1, 0.15) is 25.8 Å². The van der Waals surface area contributed by atoms with E-state index in [1.807, 2.05) is 30.3 Å². The molecule has 0 aromatic heterocycles. The molecule has 0 saturated carbocycles. The number of rotatable bonds is 3. The van der Waals surface area contributed by atoms with Crippen LogP contribution in [0.15, 0.2) is 51.1 Å². The Hall–Kier alpha value is -1.64. The Kier molecular flexibility index (Phi) is 4.64. The molecule has 3 aliphatic heterocycles. The minimum absolute atomic E-state index is 0.00270. The molecule has 5 rings (SSSR count). The van der Waals surface area contributed by atoms with Crippen LogP contribution < -0.4 is 9.21 Å². The van der Waals surface area contributed by atoms with Crippen LogP contribution in [-0.4, -0.2) is 37.9 Å². The third-order valence-electron chi connectivity index (χ3n) is 5.69. The number of benzene rings is 2. The first-order valence-corrected chi connectivity index (χ1v) is 13.0. The SMILES string of the molecule is CC[C@@H]1CN(S(=O)(=O)c2ccc3c4c2CC(=O)N4C[C@H](C)S3)c2ccccc2S1. The van der Waals surface area contributed by atoms with Crippen molar-refractivity contribution in [2.75, 3.05) is 22.3 Å². The molecule has 0 N–H and O–H groups in total. The lowest BCUT2D eigenvalue weighted by atomic mass is 10.1. The molecule has 2 aromatic rings. The van der Waals surface area contributed by atoms with Gasteiger partial charge in [-0.25, -0.2) is 8.42 Å². The van der Waals surface area contributed by atoms with E-state index in [9.17, 15) is 13.2 Å². The number of para-hydroxylation sites is 1. The van der Waals surface area contributed by atoms with Crippen LogP contribution in [0.2, 0.25) is 0 Å². The lowest BCUT2D eigenvalue weighted by molar-refractivity contribution is -0.117. The number of sulfonamides is 1. The summed E-state index contributed by atoms with van der Waals surface area (Å²) in [6, 6.07) is 11.3. The Morgan fingerprint density at radius 2 is 1.86 bits per heavy atom. The summed E-state index contributed by atoms with van der Waals surface area (Å²) in [7, 11) is -3.77. The quantitative estimate of drug-likeness (QED) is 0.709. The van der Waals surface area contributed by atoms with Crippen LogP contribution in [0.25, 0.3) is 0 Å². The molecule has 5 nitrogen and oxygen atoms in total. The first-order chi connectivity index (χ1) is 13.9. The lowest BCUT2D eigenvalue weighted by Gasteiger charge is -2.35. The van der Waals surface area contributed by atoms with Crippen molar-refractivity contribution in [2.45, 2.75) is 51.9 Å². The van der Waals surface area contributed by atoms with Gasteiger partial charge in [0.25, 0.3) is 10.0 Å². The Morgan fingerprint density at radius 3 is 2.66 bits per heavy atom. The standard InChI is InChI=1S/C21H22N2O3S3/c1-3-14-12-23(16-6-4-5-7-17(16)28-14)29(25,26)19-9-8-18-21-15(19)10-20(24)22(21)11-13(2)27-18/h4-9,13-14H,3,10-12H2,1-2H3/t13-,14+/m0/s1. The van der Waals surface area contributed by atoms with Crippen molar-refractivity contribution in [2.24, 2.45) is 0 Å². The monoisotopic (exact) mass is 446 g/mol. The fraction of sp³-hybridized carbons (Fsp3) is 0.381. The van der Waals surface area contributed by atoms with Crippen molar-refractivity contribution in [3.8, 4) is 0 Å². The van der Waals surface area contributed by atoms with Gasteiger partial charge >= 0.3 is 0 Å². The summed E-state index contributed by atoms with van der Waals surface area (Å²) in [5, 5.41) is 0.511. The van der Waals surface area contributed by atoms with Crippen molar-refractivity contribution in [3.63, 3.8) is 0 Å². The second kappa shape index (κ2) is 6.96. The summed E-state index contributed by atoms with van der Waals surface area (Å²) in [6.07, 6.45) is 1.05. The number of carbonyl (C=O) groups excluding carboxylic acids is 1. The third-order valence-corrected chi connectivity index (χ3v) is 10.1. The van der Waals surface area contributed by atoms with E-state index in [-0.39, 0.29) is 22.5 Å². The van der Waals surface area contributed by atoms with Crippen LogP contribution in [0.4, 0.5) is 11.4 Å². The third kappa shape index (κ3) is 2.99. The van der Waals surface area contributed by atoms with Crippen molar-refractivity contribution in [1.29, 1.82) is 0 Å². The first-order valence-electron chi connectivity index (χ1n) is 9.81. The predicted molar refractivity (Wildman–Crippen MR) is 119 cm³/mol. The van der Waals surface area contributed by atoms with Crippen molar-refractivity contribution >= 4 is 50.8 Å². The smallest absolute Gasteiger partial charge is 0.264 e. The van der Waals surface area contributed by atoms with E-state index in [2.05, 4.69) is 13.8 Å². The van der Waals surface area contributed by atoms with Crippen LogP contribution >= 0.6 is 23.5 Å². The highest BCUT2D eigenvalue weighted by molar-refractivity contribution is 8.00. The van der Waals surface area contributed by atoms with Crippen molar-refractivity contribution in [1.82, 2.24) is 0 Å². The Morgan fingerprint density at radius 1 is 1.07 bits per heavy atom. The second-order valence-electron chi connectivity index (χ2n) is 7.65. The van der Waals surface area contributed by atoms with E-state index in [0.29, 0.717) is 23.9 Å². The van der Waals surface area contributed by atoms with Gasteiger partial charge in [0.15, 0.2) is 0 Å². The highest BCUT2D eigenvalue weighted by Gasteiger charge is 2.41. The maximum absolute atomic E-state index is 13.8. The maximum Gasteiger partial charge on any atom is 0.264 e. The molecule has 0 unspecified atom stereocenters. The molecule has 3 aliphatic rings. The van der Waals surface area contributed by atoms with Gasteiger partial charge in [-0.1, -0.05) is 26.0 Å². The van der Waals surface area contributed by atoms with Gasteiger partial charge in [0.2, 0.25) is 5.91 Å². The first kappa shape index (κ1) is 19.3. The molecule has 152 valence electrons. The lowest BCUT2D eigenvalue weighted by Crippen LogP contribution is -2.39. The molecule has 8 heteroatoms. The Balaban J connectivity index is 1.65. The van der Waals surface area contributed by atoms with E-state index in [0.717, 1.165) is 27.6 Å². The number of hydrogen-bond donors (Lipinski definition) is 0. The van der Waals surface area contributed by atoms with Crippen LogP contribution in [0.5, 0.6) is 0 Å². The number of hydrogen-bond acceptors (Lipinski definition) is 5. The molecule has 0 spiro atoms. The molecule has 1 amide bonds. The van der Waals surface area contributed by atoms with Crippen LogP contribution in [-0.2, 0) is 21.2 Å².